The van der Waals surface area contributed by atoms with Crippen LogP contribution in [0.15, 0.2) is 48.1 Å². The number of nitrogens with zero attached hydrogens (tertiary/aromatic N) is 1. The Balaban J connectivity index is 1.22. The highest BCUT2D eigenvalue weighted by atomic mass is 19.1. The molecule has 0 spiro atoms. The number of nitrogens with one attached hydrogen (secondary N) is 1. The molecule has 13 nitrogen and oxygen atoms in total. The van der Waals surface area contributed by atoms with Gasteiger partial charge in [0.2, 0.25) is 11.7 Å². The van der Waals surface area contributed by atoms with Crippen molar-refractivity contribution in [1.29, 1.82) is 0 Å². The van der Waals surface area contributed by atoms with Crippen LogP contribution in [0.2, 0.25) is 0 Å². The maximum absolute atomic E-state index is 17.2. The number of fused-ring (bicyclic) bond motifs is 5. The van der Waals surface area contributed by atoms with Gasteiger partial charge in [-0.3, -0.25) is 29.6 Å². The number of aliphatic hydroxyl groups is 3. The van der Waals surface area contributed by atoms with Crippen molar-refractivity contribution in [1.82, 2.24) is 10.7 Å². The molecule has 0 bridgehead atoms. The zero-order valence-corrected chi connectivity index (χ0v) is 25.5. The van der Waals surface area contributed by atoms with E-state index >= 15 is 4.39 Å². The van der Waals surface area contributed by atoms with E-state index in [4.69, 9.17) is 15.2 Å². The molecule has 1 aromatic rings. The Labute approximate surface area is 264 Å². The topological polar surface area (TPSA) is 203 Å². The van der Waals surface area contributed by atoms with E-state index in [1.807, 2.05) is 0 Å². The molecule has 3 fully saturated rings. The molecule has 46 heavy (non-hydrogen) atoms. The zero-order chi connectivity index (χ0) is 33.7. The first kappa shape index (κ1) is 34.0. The molecule has 0 saturated heterocycles. The molecule has 0 heterocycles. The fraction of sp³-hybridized carbons (Fsp3) is 0.562. The van der Waals surface area contributed by atoms with Gasteiger partial charge in [0.1, 0.15) is 6.54 Å². The number of rotatable bonds is 10. The van der Waals surface area contributed by atoms with E-state index in [0.717, 1.165) is 0 Å². The van der Waals surface area contributed by atoms with Crippen LogP contribution in [-0.2, 0) is 41.8 Å². The Morgan fingerprint density at radius 3 is 2.48 bits per heavy atom. The summed E-state index contributed by atoms with van der Waals surface area (Å²) < 4.78 is 22.3. The van der Waals surface area contributed by atoms with Gasteiger partial charge >= 0.3 is 5.97 Å². The van der Waals surface area contributed by atoms with Gasteiger partial charge in [-0.25, -0.2) is 9.23 Å². The molecule has 8 atom stereocenters. The van der Waals surface area contributed by atoms with Crippen molar-refractivity contribution in [2.24, 2.45) is 22.7 Å². The first-order valence-electron chi connectivity index (χ1n) is 15.1. The number of ketones is 2. The molecule has 0 radical (unpaired) electrons. The van der Waals surface area contributed by atoms with Crippen LogP contribution in [0.25, 0.3) is 0 Å². The van der Waals surface area contributed by atoms with Crippen LogP contribution < -0.4 is 5.32 Å². The molecular weight excluding hydrogens is 607 g/mol. The minimum absolute atomic E-state index is 0.120. The van der Waals surface area contributed by atoms with Gasteiger partial charge in [-0.15, -0.1) is 0 Å². The fourth-order valence-electron chi connectivity index (χ4n) is 8.44. The standard InChI is InChI=1S/C32H39FN2O11/c1-29-10-9-21(36)12-20(29)7-8-22-23-13-24(37)32(42,30(23,2)14-25(38)31(22,29)33)26(39)17-45-28(41)15-34-27(40)11-18-5-3-4-6-19(18)16-46-35(43)44/h3-6,9-10,12,22-25,37-38,42-44H,7-8,11,13-17H2,1-2H3,(H,34,40)/t22-,23-,24+,25-,29-,30-,31-,32-/m0/s1. The lowest BCUT2D eigenvalue weighted by molar-refractivity contribution is -0.497. The molecular formula is C32H39FN2O11. The summed E-state index contributed by atoms with van der Waals surface area (Å²) in [6.45, 7) is 1.39. The van der Waals surface area contributed by atoms with Gasteiger partial charge in [0.25, 0.3) is 0 Å². The number of amides is 1. The third kappa shape index (κ3) is 5.41. The lowest BCUT2D eigenvalue weighted by Gasteiger charge is -2.62. The number of ether oxygens (including phenoxy) is 1. The number of benzene rings is 1. The molecule has 14 heteroatoms. The summed E-state index contributed by atoms with van der Waals surface area (Å²) >= 11 is 0. The number of halogens is 1. The summed E-state index contributed by atoms with van der Waals surface area (Å²) in [5, 5.41) is 53.7. The number of aliphatic hydroxyl groups excluding tert-OH is 2. The Bertz CT molecular complexity index is 1480. The summed E-state index contributed by atoms with van der Waals surface area (Å²) in [5.74, 6) is -4.40. The maximum atomic E-state index is 17.2. The molecule has 4 aliphatic rings. The normalized spacial score (nSPS) is 36.4. The number of Topliss-reactive ketones (excluding diaryl/α,β-unsaturated/α-hetero) is 1. The molecule has 250 valence electrons. The van der Waals surface area contributed by atoms with Crippen molar-refractivity contribution in [3.05, 3.63) is 59.2 Å². The van der Waals surface area contributed by atoms with Crippen molar-refractivity contribution in [3.63, 3.8) is 0 Å². The predicted octanol–water partition coefficient (Wildman–Crippen LogP) is 1.04. The second-order valence-corrected chi connectivity index (χ2v) is 13.1. The number of allylic oxidation sites excluding steroid dienone is 4. The summed E-state index contributed by atoms with van der Waals surface area (Å²) in [6, 6.07) is 6.54. The van der Waals surface area contributed by atoms with E-state index in [9.17, 15) is 34.5 Å². The second kappa shape index (κ2) is 12.3. The van der Waals surface area contributed by atoms with E-state index in [1.165, 1.54) is 25.2 Å². The summed E-state index contributed by atoms with van der Waals surface area (Å²) in [7, 11) is 0. The fourth-order valence-corrected chi connectivity index (χ4v) is 8.44. The van der Waals surface area contributed by atoms with Crippen molar-refractivity contribution in [2.75, 3.05) is 13.2 Å². The van der Waals surface area contributed by atoms with Gasteiger partial charge in [0.05, 0.1) is 30.6 Å². The minimum Gasteiger partial charge on any atom is -0.456 e. The maximum Gasteiger partial charge on any atom is 0.325 e. The largest absolute Gasteiger partial charge is 0.456 e. The zero-order valence-electron chi connectivity index (χ0n) is 25.5. The highest BCUT2D eigenvalue weighted by Crippen LogP contribution is 2.69. The van der Waals surface area contributed by atoms with Gasteiger partial charge in [-0.05, 0) is 61.8 Å². The van der Waals surface area contributed by atoms with Crippen LogP contribution in [0.3, 0.4) is 0 Å². The molecule has 1 amide bonds. The number of hydrogen-bond donors (Lipinski definition) is 6. The third-order valence-corrected chi connectivity index (χ3v) is 10.9. The average Bonchev–Trinajstić information content (AvgIpc) is 3.20. The number of carbonyl (C=O) groups is 4. The molecule has 4 aliphatic carbocycles. The lowest BCUT2D eigenvalue weighted by atomic mass is 9.44. The molecule has 5 rings (SSSR count). The van der Waals surface area contributed by atoms with Gasteiger partial charge in [0.15, 0.2) is 23.7 Å². The number of carbonyl (C=O) groups excluding carboxylic acids is 4. The van der Waals surface area contributed by atoms with Crippen LogP contribution in [0.1, 0.15) is 50.7 Å². The van der Waals surface area contributed by atoms with Gasteiger partial charge in [0, 0.05) is 16.7 Å². The molecule has 6 N–H and O–H groups in total. The number of hydrogen-bond acceptors (Lipinski definition) is 12. The van der Waals surface area contributed by atoms with E-state index in [0.29, 0.717) is 23.1 Å². The van der Waals surface area contributed by atoms with Crippen molar-refractivity contribution in [3.8, 4) is 0 Å². The van der Waals surface area contributed by atoms with E-state index in [2.05, 4.69) is 10.2 Å². The quantitative estimate of drug-likeness (QED) is 0.156. The third-order valence-electron chi connectivity index (χ3n) is 10.9. The van der Waals surface area contributed by atoms with Crippen molar-refractivity contribution >= 4 is 23.4 Å². The monoisotopic (exact) mass is 646 g/mol. The van der Waals surface area contributed by atoms with E-state index < -0.39 is 82.3 Å². The van der Waals surface area contributed by atoms with Crippen LogP contribution in [0, 0.1) is 22.7 Å². The van der Waals surface area contributed by atoms with Crippen LogP contribution >= 0.6 is 0 Å². The predicted molar refractivity (Wildman–Crippen MR) is 154 cm³/mol. The second-order valence-electron chi connectivity index (χ2n) is 13.1. The van der Waals surface area contributed by atoms with Crippen LogP contribution in [0.4, 0.5) is 4.39 Å². The molecule has 0 aromatic heterocycles. The summed E-state index contributed by atoms with van der Waals surface area (Å²) in [4.78, 5) is 55.0. The molecule has 3 saturated carbocycles. The highest BCUT2D eigenvalue weighted by Gasteiger charge is 2.76. The van der Waals surface area contributed by atoms with Gasteiger partial charge in [-0.2, -0.15) is 0 Å². The number of esters is 1. The Morgan fingerprint density at radius 2 is 1.78 bits per heavy atom. The van der Waals surface area contributed by atoms with Gasteiger partial charge in [-0.1, -0.05) is 42.8 Å². The minimum atomic E-state index is -2.45. The van der Waals surface area contributed by atoms with E-state index in [1.54, 1.807) is 31.2 Å². The lowest BCUT2D eigenvalue weighted by Crippen LogP contribution is -2.69. The summed E-state index contributed by atoms with van der Waals surface area (Å²) in [6.07, 6.45) is 0.845. The Morgan fingerprint density at radius 1 is 1.09 bits per heavy atom. The van der Waals surface area contributed by atoms with Crippen molar-refractivity contribution in [2.45, 2.75) is 76.0 Å². The molecule has 0 unspecified atom stereocenters. The highest BCUT2D eigenvalue weighted by molar-refractivity contribution is 6.01. The number of alkyl halides is 1. The van der Waals surface area contributed by atoms with Crippen molar-refractivity contribution < 1.29 is 58.9 Å². The Kier molecular flexibility index (Phi) is 9.11. The van der Waals surface area contributed by atoms with Gasteiger partial charge < -0.3 is 25.4 Å². The smallest absolute Gasteiger partial charge is 0.325 e. The van der Waals surface area contributed by atoms with Crippen LogP contribution in [-0.4, -0.2) is 91.2 Å². The summed E-state index contributed by atoms with van der Waals surface area (Å²) in [5.41, 5.74) is -5.87. The van der Waals surface area contributed by atoms with Crippen LogP contribution in [0.5, 0.6) is 0 Å². The Hall–Kier alpha value is -3.37. The first-order valence-corrected chi connectivity index (χ1v) is 15.1. The first-order chi connectivity index (χ1) is 21.6. The van der Waals surface area contributed by atoms with E-state index in [-0.39, 0.29) is 38.1 Å². The molecule has 0 aliphatic heterocycles. The molecule has 1 aromatic carbocycles. The SMILES string of the molecule is C[C@]12C=CC(=O)C=C1CC[C@H]1[C@@H]3C[C@@H](O)[C@](O)(C(=O)COC(=O)CNC(=O)Cc4ccccc4CON(O)O)[C@@]3(C)C[C@H](O)[C@@]12F. The average molecular weight is 647 g/mol.